The number of hydrogen-bond donors (Lipinski definition) is 2. The Balaban J connectivity index is 1.50. The number of rotatable bonds is 9. The minimum Gasteiger partial charge on any atom is -0.303 e. The summed E-state index contributed by atoms with van der Waals surface area (Å²) in [6, 6.07) is 10.5. The third-order valence-corrected chi connectivity index (χ3v) is 5.65. The van der Waals surface area contributed by atoms with Crippen LogP contribution in [0.1, 0.15) is 25.7 Å². The fourth-order valence-corrected chi connectivity index (χ4v) is 4.06. The second-order valence-corrected chi connectivity index (χ2v) is 8.35. The first-order valence-electron chi connectivity index (χ1n) is 8.13. The molecular weight excluding hydrogens is 333 g/mol. The molecule has 1 aromatic carbocycles. The number of nitrogens with zero attached hydrogens (tertiary/aromatic N) is 1. The van der Waals surface area contributed by atoms with Gasteiger partial charge in [0.05, 0.1) is 6.61 Å². The van der Waals surface area contributed by atoms with Crippen LogP contribution in [0.2, 0.25) is 0 Å². The molecule has 0 bridgehead atoms. The maximum Gasteiger partial charge on any atom is 0.469 e. The highest BCUT2D eigenvalue weighted by Crippen LogP contribution is 2.37. The van der Waals surface area contributed by atoms with Crippen molar-refractivity contribution in [2.24, 2.45) is 5.92 Å². The number of thioether (sulfide) groups is 1. The first kappa shape index (κ1) is 19.0. The molecule has 0 atom stereocenters. The average Bonchev–Trinajstić information content (AvgIpc) is 2.54. The molecule has 1 saturated heterocycles. The zero-order chi connectivity index (χ0) is 16.5. The summed E-state index contributed by atoms with van der Waals surface area (Å²) in [5.41, 5.74) is 0. The molecule has 130 valence electrons. The van der Waals surface area contributed by atoms with Crippen LogP contribution >= 0.6 is 19.6 Å². The summed E-state index contributed by atoms with van der Waals surface area (Å²) in [6.45, 7) is 3.29. The number of phosphoric acid groups is 1. The number of benzene rings is 1. The van der Waals surface area contributed by atoms with Gasteiger partial charge in [-0.1, -0.05) is 18.2 Å². The lowest BCUT2D eigenvalue weighted by Gasteiger charge is -2.31. The molecule has 1 heterocycles. The summed E-state index contributed by atoms with van der Waals surface area (Å²) in [4.78, 5) is 21.2. The van der Waals surface area contributed by atoms with E-state index in [0.717, 1.165) is 38.2 Å². The van der Waals surface area contributed by atoms with Gasteiger partial charge < -0.3 is 14.7 Å². The van der Waals surface area contributed by atoms with E-state index in [2.05, 4.69) is 33.7 Å². The van der Waals surface area contributed by atoms with Crippen LogP contribution < -0.4 is 0 Å². The van der Waals surface area contributed by atoms with Crippen LogP contribution in [0.15, 0.2) is 35.2 Å². The van der Waals surface area contributed by atoms with E-state index in [-0.39, 0.29) is 12.5 Å². The van der Waals surface area contributed by atoms with Crippen molar-refractivity contribution in [1.82, 2.24) is 4.90 Å². The summed E-state index contributed by atoms with van der Waals surface area (Å²) < 4.78 is 15.3. The highest BCUT2D eigenvalue weighted by atomic mass is 32.2. The van der Waals surface area contributed by atoms with Crippen molar-refractivity contribution in [2.75, 3.05) is 32.0 Å². The third-order valence-electron chi connectivity index (χ3n) is 4.07. The molecule has 1 aliphatic heterocycles. The first-order chi connectivity index (χ1) is 11.0. The van der Waals surface area contributed by atoms with E-state index in [4.69, 9.17) is 9.79 Å². The second kappa shape index (κ2) is 9.82. The SMILES string of the molecule is O=P(O)(O)OCC1CCN(CCCCSc2ccccc2)CC1. The Labute approximate surface area is 142 Å². The highest BCUT2D eigenvalue weighted by molar-refractivity contribution is 7.99. The number of phosphoric ester groups is 1. The molecule has 0 aliphatic carbocycles. The van der Waals surface area contributed by atoms with E-state index >= 15 is 0 Å². The minimum absolute atomic E-state index is 0.172. The third kappa shape index (κ3) is 8.34. The molecule has 2 rings (SSSR count). The number of likely N-dealkylation sites (tertiary alicyclic amines) is 1. The Morgan fingerprint density at radius 1 is 1.17 bits per heavy atom. The summed E-state index contributed by atoms with van der Waals surface area (Å²) >= 11 is 1.91. The van der Waals surface area contributed by atoms with Gasteiger partial charge in [0.1, 0.15) is 0 Å². The van der Waals surface area contributed by atoms with Gasteiger partial charge in [0.15, 0.2) is 0 Å². The molecule has 2 N–H and O–H groups in total. The summed E-state index contributed by atoms with van der Waals surface area (Å²) in [7, 11) is -4.31. The zero-order valence-electron chi connectivity index (χ0n) is 13.3. The second-order valence-electron chi connectivity index (χ2n) is 5.94. The van der Waals surface area contributed by atoms with Crippen molar-refractivity contribution in [2.45, 2.75) is 30.6 Å². The molecular formula is C16H26NO4PS. The predicted molar refractivity (Wildman–Crippen MR) is 93.6 cm³/mol. The number of piperidine rings is 1. The molecule has 0 aromatic heterocycles. The van der Waals surface area contributed by atoms with Crippen molar-refractivity contribution in [3.8, 4) is 0 Å². The van der Waals surface area contributed by atoms with Crippen molar-refractivity contribution in [3.63, 3.8) is 0 Å². The van der Waals surface area contributed by atoms with Gasteiger partial charge in [-0.25, -0.2) is 4.57 Å². The topological polar surface area (TPSA) is 70.0 Å². The lowest BCUT2D eigenvalue weighted by atomic mass is 9.98. The Kier molecular flexibility index (Phi) is 8.10. The van der Waals surface area contributed by atoms with Gasteiger partial charge in [-0.3, -0.25) is 4.52 Å². The largest absolute Gasteiger partial charge is 0.469 e. The van der Waals surface area contributed by atoms with E-state index in [1.54, 1.807) is 0 Å². The Morgan fingerprint density at radius 3 is 2.52 bits per heavy atom. The van der Waals surface area contributed by atoms with Gasteiger partial charge in [0, 0.05) is 4.90 Å². The quantitative estimate of drug-likeness (QED) is 0.400. The van der Waals surface area contributed by atoms with Gasteiger partial charge in [-0.05, 0) is 69.1 Å². The maximum absolute atomic E-state index is 10.7. The smallest absolute Gasteiger partial charge is 0.303 e. The van der Waals surface area contributed by atoms with Crippen LogP contribution in [0.4, 0.5) is 0 Å². The maximum atomic E-state index is 10.7. The molecule has 1 fully saturated rings. The van der Waals surface area contributed by atoms with Gasteiger partial charge >= 0.3 is 7.82 Å². The zero-order valence-corrected chi connectivity index (χ0v) is 15.1. The van der Waals surface area contributed by atoms with Crippen LogP contribution in [0.5, 0.6) is 0 Å². The lowest BCUT2D eigenvalue weighted by molar-refractivity contribution is 0.116. The molecule has 0 unspecified atom stereocenters. The molecule has 0 spiro atoms. The van der Waals surface area contributed by atoms with Crippen molar-refractivity contribution < 1.29 is 18.9 Å². The van der Waals surface area contributed by atoms with Crippen LogP contribution in [-0.2, 0) is 9.09 Å². The molecule has 1 aliphatic rings. The summed E-state index contributed by atoms with van der Waals surface area (Å²) in [6.07, 6.45) is 4.32. The summed E-state index contributed by atoms with van der Waals surface area (Å²) in [5, 5.41) is 0. The van der Waals surface area contributed by atoms with Crippen molar-refractivity contribution in [1.29, 1.82) is 0 Å². The normalized spacial score (nSPS) is 17.5. The van der Waals surface area contributed by atoms with E-state index in [1.807, 2.05) is 17.8 Å². The summed E-state index contributed by atoms with van der Waals surface area (Å²) in [5.74, 6) is 1.42. The van der Waals surface area contributed by atoms with Gasteiger partial charge in [-0.2, -0.15) is 0 Å². The molecule has 23 heavy (non-hydrogen) atoms. The Bertz CT molecular complexity index is 488. The molecule has 0 radical (unpaired) electrons. The molecule has 0 amide bonds. The van der Waals surface area contributed by atoms with Gasteiger partial charge in [-0.15, -0.1) is 11.8 Å². The predicted octanol–water partition coefficient (Wildman–Crippen LogP) is 3.38. The average molecular weight is 359 g/mol. The van der Waals surface area contributed by atoms with Crippen LogP contribution in [-0.4, -0.2) is 46.7 Å². The van der Waals surface area contributed by atoms with E-state index in [1.165, 1.54) is 17.7 Å². The van der Waals surface area contributed by atoms with E-state index in [9.17, 15) is 4.57 Å². The fraction of sp³-hybridized carbons (Fsp3) is 0.625. The lowest BCUT2D eigenvalue weighted by Crippen LogP contribution is -2.35. The van der Waals surface area contributed by atoms with Crippen LogP contribution in [0.3, 0.4) is 0 Å². The van der Waals surface area contributed by atoms with Crippen LogP contribution in [0.25, 0.3) is 0 Å². The number of hydrogen-bond acceptors (Lipinski definition) is 4. The van der Waals surface area contributed by atoms with Gasteiger partial charge in [0.2, 0.25) is 0 Å². The van der Waals surface area contributed by atoms with Crippen molar-refractivity contribution >= 4 is 19.6 Å². The molecule has 0 saturated carbocycles. The monoisotopic (exact) mass is 359 g/mol. The molecule has 5 nitrogen and oxygen atoms in total. The van der Waals surface area contributed by atoms with Gasteiger partial charge in [0.25, 0.3) is 0 Å². The van der Waals surface area contributed by atoms with Crippen molar-refractivity contribution in [3.05, 3.63) is 30.3 Å². The molecule has 7 heteroatoms. The minimum atomic E-state index is -4.31. The standard InChI is InChI=1S/C16H26NO4PS/c18-22(19,20)21-14-15-8-11-17(12-9-15)10-4-5-13-23-16-6-2-1-3-7-16/h1-3,6-7,15H,4-5,8-14H2,(H2,18,19,20). The molecule has 1 aromatic rings. The highest BCUT2D eigenvalue weighted by Gasteiger charge is 2.22. The first-order valence-corrected chi connectivity index (χ1v) is 10.6. The van der Waals surface area contributed by atoms with E-state index in [0.29, 0.717) is 0 Å². The fourth-order valence-electron chi connectivity index (χ4n) is 2.72. The Morgan fingerprint density at radius 2 is 1.87 bits per heavy atom. The van der Waals surface area contributed by atoms with Crippen LogP contribution in [0, 0.1) is 5.92 Å². The van der Waals surface area contributed by atoms with E-state index < -0.39 is 7.82 Å². The Hall–Kier alpha value is -0.360. The number of unbranched alkanes of at least 4 members (excludes halogenated alkanes) is 1.